The Bertz CT molecular complexity index is 604. The third-order valence-corrected chi connectivity index (χ3v) is 4.34. The highest BCUT2D eigenvalue weighted by Crippen LogP contribution is 2.27. The van der Waals surface area contributed by atoms with Gasteiger partial charge in [0.15, 0.2) is 0 Å². The molecule has 19 heavy (non-hydrogen) atoms. The lowest BCUT2D eigenvalue weighted by atomic mass is 10.00. The first-order valence-corrected chi connectivity index (χ1v) is 7.45. The molecule has 2 N–H and O–H groups in total. The van der Waals surface area contributed by atoms with Crippen LogP contribution < -0.4 is 5.73 Å². The van der Waals surface area contributed by atoms with Gasteiger partial charge in [0.2, 0.25) is 0 Å². The van der Waals surface area contributed by atoms with Crippen LogP contribution in [0.4, 0.5) is 4.39 Å². The second kappa shape index (κ2) is 6.39. The molecule has 5 heteroatoms. The molecule has 0 aliphatic rings. The quantitative estimate of drug-likeness (QED) is 0.711. The van der Waals surface area contributed by atoms with Crippen molar-refractivity contribution in [1.29, 1.82) is 0 Å². The van der Waals surface area contributed by atoms with Crippen molar-refractivity contribution in [3.8, 4) is 0 Å². The van der Waals surface area contributed by atoms with Crippen molar-refractivity contribution in [3.63, 3.8) is 0 Å². The van der Waals surface area contributed by atoms with Crippen molar-refractivity contribution < 1.29 is 4.39 Å². The maximum Gasteiger partial charge on any atom is 0.124 e. The first kappa shape index (κ1) is 15.0. The minimum absolute atomic E-state index is 0.230. The number of hydrogen-bond acceptors (Lipinski definition) is 1. The Balaban J connectivity index is 2.23. The van der Waals surface area contributed by atoms with E-state index >= 15 is 0 Å². The van der Waals surface area contributed by atoms with Crippen molar-refractivity contribution in [1.82, 2.24) is 0 Å². The van der Waals surface area contributed by atoms with Gasteiger partial charge in [0.1, 0.15) is 5.82 Å². The van der Waals surface area contributed by atoms with Gasteiger partial charge in [-0.05, 0) is 64.4 Å². The summed E-state index contributed by atoms with van der Waals surface area (Å²) in [6.07, 6.45) is 0.581. The van der Waals surface area contributed by atoms with Gasteiger partial charge in [0.25, 0.3) is 0 Å². The molecule has 1 atom stereocenters. The summed E-state index contributed by atoms with van der Waals surface area (Å²) in [7, 11) is 0. The van der Waals surface area contributed by atoms with Crippen molar-refractivity contribution in [2.75, 3.05) is 0 Å². The van der Waals surface area contributed by atoms with Gasteiger partial charge in [-0.3, -0.25) is 0 Å². The first-order chi connectivity index (χ1) is 8.97. The summed E-state index contributed by atoms with van der Waals surface area (Å²) in [5.41, 5.74) is 8.01. The van der Waals surface area contributed by atoms with Gasteiger partial charge >= 0.3 is 0 Å². The van der Waals surface area contributed by atoms with Gasteiger partial charge in [-0.15, -0.1) is 0 Å². The fraction of sp³-hybridized carbons (Fsp3) is 0.143. The zero-order chi connectivity index (χ0) is 14.0. The normalized spacial score (nSPS) is 12.5. The summed E-state index contributed by atoms with van der Waals surface area (Å²) < 4.78 is 13.9. The third-order valence-electron chi connectivity index (χ3n) is 2.82. The van der Waals surface area contributed by atoms with Crippen LogP contribution in [0, 0.1) is 9.39 Å². The largest absolute Gasteiger partial charge is 0.324 e. The smallest absolute Gasteiger partial charge is 0.124 e. The zero-order valence-electron chi connectivity index (χ0n) is 9.84. The van der Waals surface area contributed by atoms with Crippen LogP contribution in [0.5, 0.6) is 0 Å². The molecule has 0 saturated carbocycles. The molecule has 2 rings (SSSR count). The van der Waals surface area contributed by atoms with E-state index in [1.54, 1.807) is 18.2 Å². The van der Waals surface area contributed by atoms with Crippen molar-refractivity contribution in [3.05, 3.63) is 67.0 Å². The molecular weight excluding hydrogens is 399 g/mol. The van der Waals surface area contributed by atoms with Crippen LogP contribution in [0.1, 0.15) is 17.2 Å². The summed E-state index contributed by atoms with van der Waals surface area (Å²) in [5, 5.41) is 1.19. The molecule has 0 aliphatic heterocycles. The summed E-state index contributed by atoms with van der Waals surface area (Å²) in [4.78, 5) is 0. The standard InChI is InChI=1S/C14H11Cl2FIN/c15-9-2-1-8(12(16)6-9)5-14(19)11-4-3-10(17)7-13(11)18/h1-4,6-7,14H,5,19H2. The van der Waals surface area contributed by atoms with E-state index in [0.29, 0.717) is 16.5 Å². The molecule has 0 heterocycles. The van der Waals surface area contributed by atoms with Crippen LogP contribution in [0.25, 0.3) is 0 Å². The van der Waals surface area contributed by atoms with Gasteiger partial charge in [-0.2, -0.15) is 0 Å². The molecule has 1 nitrogen and oxygen atoms in total. The van der Waals surface area contributed by atoms with Crippen molar-refractivity contribution in [2.24, 2.45) is 5.73 Å². The second-order valence-electron chi connectivity index (χ2n) is 4.21. The molecule has 0 amide bonds. The fourth-order valence-electron chi connectivity index (χ4n) is 1.84. The van der Waals surface area contributed by atoms with Gasteiger partial charge in [0.05, 0.1) is 0 Å². The minimum atomic E-state index is -0.259. The van der Waals surface area contributed by atoms with Gasteiger partial charge < -0.3 is 5.73 Å². The zero-order valence-corrected chi connectivity index (χ0v) is 13.5. The molecule has 0 aliphatic carbocycles. The predicted octanol–water partition coefficient (Wildman–Crippen LogP) is 4.98. The van der Waals surface area contributed by atoms with Crippen molar-refractivity contribution in [2.45, 2.75) is 12.5 Å². The molecule has 2 aromatic carbocycles. The summed E-state index contributed by atoms with van der Waals surface area (Å²) in [6.45, 7) is 0. The summed E-state index contributed by atoms with van der Waals surface area (Å²) in [6, 6.07) is 9.71. The Hall–Kier alpha value is -0.360. The number of hydrogen-bond donors (Lipinski definition) is 1. The van der Waals surface area contributed by atoms with Crippen LogP contribution in [0.15, 0.2) is 36.4 Å². The second-order valence-corrected chi connectivity index (χ2v) is 6.22. The number of nitrogens with two attached hydrogens (primary N) is 1. The fourth-order valence-corrected chi connectivity index (χ4v) is 3.20. The van der Waals surface area contributed by atoms with Crippen LogP contribution >= 0.6 is 45.8 Å². The van der Waals surface area contributed by atoms with Crippen LogP contribution in [0.2, 0.25) is 10.0 Å². The van der Waals surface area contributed by atoms with E-state index in [1.165, 1.54) is 12.1 Å². The van der Waals surface area contributed by atoms with E-state index in [9.17, 15) is 4.39 Å². The summed E-state index contributed by atoms with van der Waals surface area (Å²) >= 11 is 14.1. The van der Waals surface area contributed by atoms with Crippen LogP contribution in [-0.2, 0) is 6.42 Å². The minimum Gasteiger partial charge on any atom is -0.324 e. The third kappa shape index (κ3) is 3.81. The molecule has 1 unspecified atom stereocenters. The van der Waals surface area contributed by atoms with Crippen LogP contribution in [0.3, 0.4) is 0 Å². The molecule has 0 aromatic heterocycles. The average Bonchev–Trinajstić information content (AvgIpc) is 2.32. The predicted molar refractivity (Wildman–Crippen MR) is 86.2 cm³/mol. The Labute approximate surface area is 135 Å². The monoisotopic (exact) mass is 409 g/mol. The average molecular weight is 410 g/mol. The number of rotatable bonds is 3. The maximum atomic E-state index is 13.1. The van der Waals surface area contributed by atoms with E-state index in [2.05, 4.69) is 22.6 Å². The Kier molecular flexibility index (Phi) is 5.06. The molecule has 0 bridgehead atoms. The molecule has 100 valence electrons. The molecule has 0 radical (unpaired) electrons. The van der Waals surface area contributed by atoms with Gasteiger partial charge in [-0.25, -0.2) is 4.39 Å². The SMILES string of the molecule is NC(Cc1ccc(Cl)cc1Cl)c1ccc(F)cc1I. The van der Waals surface area contributed by atoms with Crippen LogP contribution in [-0.4, -0.2) is 0 Å². The lowest BCUT2D eigenvalue weighted by Crippen LogP contribution is -2.15. The number of halogens is 4. The lowest BCUT2D eigenvalue weighted by Gasteiger charge is -2.15. The van der Waals surface area contributed by atoms with Gasteiger partial charge in [0, 0.05) is 19.7 Å². The highest BCUT2D eigenvalue weighted by molar-refractivity contribution is 14.1. The Morgan fingerprint density at radius 2 is 1.89 bits per heavy atom. The van der Waals surface area contributed by atoms with Gasteiger partial charge in [-0.1, -0.05) is 35.3 Å². The lowest BCUT2D eigenvalue weighted by molar-refractivity contribution is 0.622. The maximum absolute atomic E-state index is 13.1. The van der Waals surface area contributed by atoms with E-state index in [-0.39, 0.29) is 11.9 Å². The highest BCUT2D eigenvalue weighted by atomic mass is 127. The molecule has 0 fully saturated rings. The molecule has 0 spiro atoms. The molecule has 0 saturated heterocycles. The topological polar surface area (TPSA) is 26.0 Å². The van der Waals surface area contributed by atoms with Crippen molar-refractivity contribution >= 4 is 45.8 Å². The summed E-state index contributed by atoms with van der Waals surface area (Å²) in [5.74, 6) is -0.259. The molecule has 2 aromatic rings. The van der Waals surface area contributed by atoms with E-state index in [1.807, 2.05) is 6.07 Å². The first-order valence-electron chi connectivity index (χ1n) is 5.62. The van der Waals surface area contributed by atoms with E-state index in [0.717, 1.165) is 14.7 Å². The van der Waals surface area contributed by atoms with E-state index < -0.39 is 0 Å². The Morgan fingerprint density at radius 1 is 1.16 bits per heavy atom. The molecular formula is C14H11Cl2FIN. The number of benzene rings is 2. The van der Waals surface area contributed by atoms with E-state index in [4.69, 9.17) is 28.9 Å². The highest BCUT2D eigenvalue weighted by Gasteiger charge is 2.13. The Morgan fingerprint density at radius 3 is 2.53 bits per heavy atom.